The van der Waals surface area contributed by atoms with Crippen molar-refractivity contribution in [3.63, 3.8) is 0 Å². The lowest BCUT2D eigenvalue weighted by atomic mass is 9.87. The molecule has 1 fully saturated rings. The van der Waals surface area contributed by atoms with E-state index in [1.165, 1.54) is 0 Å². The first kappa shape index (κ1) is 18.4. The van der Waals surface area contributed by atoms with Gasteiger partial charge in [0.2, 0.25) is 5.91 Å². The van der Waals surface area contributed by atoms with Crippen LogP contribution in [0.1, 0.15) is 42.2 Å². The highest BCUT2D eigenvalue weighted by atomic mass is 16.3. The van der Waals surface area contributed by atoms with E-state index in [0.29, 0.717) is 38.0 Å². The predicted molar refractivity (Wildman–Crippen MR) is 106 cm³/mol. The Bertz CT molecular complexity index is 886. The third-order valence-corrected chi connectivity index (χ3v) is 5.55. The largest absolute Gasteiger partial charge is 0.469 e. The first-order chi connectivity index (χ1) is 13.7. The zero-order chi connectivity index (χ0) is 19.4. The highest BCUT2D eigenvalue weighted by Crippen LogP contribution is 2.33. The van der Waals surface area contributed by atoms with E-state index in [1.807, 2.05) is 65.6 Å². The second-order valence-corrected chi connectivity index (χ2v) is 7.31. The standard InChI is InChI=1S/C23H24N2O3/c26-22(17-19(20-9-6-16-28-20)18-7-2-1-3-8-18)25-14-11-23(27,12-15-25)21-10-4-5-13-24-21/h1-10,13,16,19,27H,11-12,14-15,17H2. The van der Waals surface area contributed by atoms with Gasteiger partial charge in [-0.05, 0) is 42.7 Å². The quantitative estimate of drug-likeness (QED) is 0.737. The molecule has 1 saturated heterocycles. The molecule has 0 bridgehead atoms. The van der Waals surface area contributed by atoms with Crippen LogP contribution in [0.3, 0.4) is 0 Å². The van der Waals surface area contributed by atoms with Crippen molar-refractivity contribution < 1.29 is 14.3 Å². The van der Waals surface area contributed by atoms with Gasteiger partial charge in [0.15, 0.2) is 0 Å². The van der Waals surface area contributed by atoms with Gasteiger partial charge in [0.1, 0.15) is 11.4 Å². The summed E-state index contributed by atoms with van der Waals surface area (Å²) >= 11 is 0. The van der Waals surface area contributed by atoms with E-state index < -0.39 is 5.60 Å². The number of carbonyl (C=O) groups is 1. The fourth-order valence-electron chi connectivity index (χ4n) is 3.88. The van der Waals surface area contributed by atoms with Crippen molar-refractivity contribution in [2.45, 2.75) is 30.8 Å². The number of likely N-dealkylation sites (tertiary alicyclic amines) is 1. The molecule has 1 aliphatic heterocycles. The van der Waals surface area contributed by atoms with Gasteiger partial charge in [-0.2, -0.15) is 0 Å². The number of benzene rings is 1. The van der Waals surface area contributed by atoms with Crippen LogP contribution in [0.5, 0.6) is 0 Å². The summed E-state index contributed by atoms with van der Waals surface area (Å²) in [7, 11) is 0. The minimum Gasteiger partial charge on any atom is -0.469 e. The summed E-state index contributed by atoms with van der Waals surface area (Å²) in [6, 6.07) is 19.3. The summed E-state index contributed by atoms with van der Waals surface area (Å²) in [5, 5.41) is 10.9. The Labute approximate surface area is 164 Å². The first-order valence-corrected chi connectivity index (χ1v) is 9.66. The maximum absolute atomic E-state index is 13.0. The van der Waals surface area contributed by atoms with E-state index in [2.05, 4.69) is 4.98 Å². The number of aliphatic hydroxyl groups is 1. The van der Waals surface area contributed by atoms with E-state index in [4.69, 9.17) is 4.42 Å². The first-order valence-electron chi connectivity index (χ1n) is 9.66. The number of carbonyl (C=O) groups excluding carboxylic acids is 1. The Kier molecular flexibility index (Phi) is 5.26. The number of aromatic nitrogens is 1. The summed E-state index contributed by atoms with van der Waals surface area (Å²) in [5.41, 5.74) is 0.783. The molecule has 0 saturated carbocycles. The third kappa shape index (κ3) is 3.85. The lowest BCUT2D eigenvalue weighted by Crippen LogP contribution is -2.45. The minimum atomic E-state index is -0.960. The summed E-state index contributed by atoms with van der Waals surface area (Å²) < 4.78 is 5.61. The normalized spacial score (nSPS) is 17.2. The second kappa shape index (κ2) is 7.98. The maximum Gasteiger partial charge on any atom is 0.223 e. The van der Waals surface area contributed by atoms with E-state index in [0.717, 1.165) is 11.3 Å². The van der Waals surface area contributed by atoms with Crippen LogP contribution >= 0.6 is 0 Å². The molecule has 1 aromatic carbocycles. The van der Waals surface area contributed by atoms with Crippen molar-refractivity contribution in [3.8, 4) is 0 Å². The minimum absolute atomic E-state index is 0.0772. The Morgan fingerprint density at radius 1 is 1.07 bits per heavy atom. The Hall–Kier alpha value is -2.92. The summed E-state index contributed by atoms with van der Waals surface area (Å²) in [4.78, 5) is 19.2. The van der Waals surface area contributed by atoms with Crippen molar-refractivity contribution in [1.82, 2.24) is 9.88 Å². The molecule has 1 amide bonds. The molecule has 1 atom stereocenters. The van der Waals surface area contributed by atoms with E-state index in [-0.39, 0.29) is 11.8 Å². The van der Waals surface area contributed by atoms with Crippen molar-refractivity contribution in [2.75, 3.05) is 13.1 Å². The lowest BCUT2D eigenvalue weighted by molar-refractivity contribution is -0.136. The van der Waals surface area contributed by atoms with E-state index in [1.54, 1.807) is 12.5 Å². The average molecular weight is 376 g/mol. The van der Waals surface area contributed by atoms with E-state index >= 15 is 0 Å². The molecule has 4 rings (SSSR count). The van der Waals surface area contributed by atoms with Gasteiger partial charge in [-0.15, -0.1) is 0 Å². The number of amides is 1. The molecule has 0 aliphatic carbocycles. The van der Waals surface area contributed by atoms with Crippen LogP contribution in [0.15, 0.2) is 77.5 Å². The van der Waals surface area contributed by atoms with Crippen LogP contribution in [-0.4, -0.2) is 34.0 Å². The van der Waals surface area contributed by atoms with Gasteiger partial charge in [-0.25, -0.2) is 0 Å². The molecule has 1 N–H and O–H groups in total. The molecule has 2 aromatic heterocycles. The SMILES string of the molecule is O=C(CC(c1ccccc1)c1ccco1)N1CCC(O)(c2ccccn2)CC1. The second-order valence-electron chi connectivity index (χ2n) is 7.31. The van der Waals surface area contributed by atoms with Crippen molar-refractivity contribution >= 4 is 5.91 Å². The third-order valence-electron chi connectivity index (χ3n) is 5.55. The van der Waals surface area contributed by atoms with E-state index in [9.17, 15) is 9.90 Å². The molecular weight excluding hydrogens is 352 g/mol. The van der Waals surface area contributed by atoms with Crippen LogP contribution < -0.4 is 0 Å². The molecule has 0 spiro atoms. The van der Waals surface area contributed by atoms with Gasteiger partial charge in [0, 0.05) is 25.7 Å². The Morgan fingerprint density at radius 3 is 2.46 bits per heavy atom. The molecule has 1 aliphatic rings. The molecule has 3 heterocycles. The predicted octanol–water partition coefficient (Wildman–Crippen LogP) is 3.71. The molecule has 28 heavy (non-hydrogen) atoms. The zero-order valence-corrected chi connectivity index (χ0v) is 15.7. The molecule has 5 nitrogen and oxygen atoms in total. The fourth-order valence-corrected chi connectivity index (χ4v) is 3.88. The topological polar surface area (TPSA) is 66.6 Å². The Balaban J connectivity index is 1.45. The maximum atomic E-state index is 13.0. The number of furan rings is 1. The number of piperidine rings is 1. The molecule has 0 radical (unpaired) electrons. The Morgan fingerprint density at radius 2 is 1.82 bits per heavy atom. The zero-order valence-electron chi connectivity index (χ0n) is 15.7. The number of rotatable bonds is 5. The van der Waals surface area contributed by atoms with Gasteiger partial charge in [-0.3, -0.25) is 9.78 Å². The van der Waals surface area contributed by atoms with Crippen molar-refractivity contribution in [3.05, 3.63) is 90.1 Å². The molecule has 3 aromatic rings. The van der Waals surface area contributed by atoms with Crippen molar-refractivity contribution in [1.29, 1.82) is 0 Å². The number of pyridine rings is 1. The highest BCUT2D eigenvalue weighted by molar-refractivity contribution is 5.77. The summed E-state index contributed by atoms with van der Waals surface area (Å²) in [5.74, 6) is 0.759. The molecule has 144 valence electrons. The fraction of sp³-hybridized carbons (Fsp3) is 0.304. The summed E-state index contributed by atoms with van der Waals surface area (Å²) in [6.45, 7) is 1.04. The van der Waals surface area contributed by atoms with Crippen LogP contribution in [0.4, 0.5) is 0 Å². The van der Waals surface area contributed by atoms with Crippen LogP contribution in [0.25, 0.3) is 0 Å². The van der Waals surface area contributed by atoms with Gasteiger partial charge in [-0.1, -0.05) is 36.4 Å². The molecule has 1 unspecified atom stereocenters. The molecular formula is C23H24N2O3. The average Bonchev–Trinajstić information content (AvgIpc) is 3.28. The highest BCUT2D eigenvalue weighted by Gasteiger charge is 2.37. The summed E-state index contributed by atoms with van der Waals surface area (Å²) in [6.07, 6.45) is 4.67. The van der Waals surface area contributed by atoms with Gasteiger partial charge < -0.3 is 14.4 Å². The van der Waals surface area contributed by atoms with Crippen molar-refractivity contribution in [2.24, 2.45) is 0 Å². The van der Waals surface area contributed by atoms with Crippen LogP contribution in [0, 0.1) is 0 Å². The monoisotopic (exact) mass is 376 g/mol. The van der Waals surface area contributed by atoms with Gasteiger partial charge in [0.25, 0.3) is 0 Å². The smallest absolute Gasteiger partial charge is 0.223 e. The number of hydrogen-bond donors (Lipinski definition) is 1. The lowest BCUT2D eigenvalue weighted by Gasteiger charge is -2.38. The van der Waals surface area contributed by atoms with Gasteiger partial charge in [0.05, 0.1) is 17.9 Å². The van der Waals surface area contributed by atoms with Crippen LogP contribution in [0.2, 0.25) is 0 Å². The van der Waals surface area contributed by atoms with Gasteiger partial charge >= 0.3 is 0 Å². The molecule has 5 heteroatoms. The number of hydrogen-bond acceptors (Lipinski definition) is 4. The number of nitrogens with zero attached hydrogens (tertiary/aromatic N) is 2. The van der Waals surface area contributed by atoms with Crippen LogP contribution in [-0.2, 0) is 10.4 Å².